The molecule has 14 aromatic rings. The molecule has 4 aromatic carbocycles. The number of benzene rings is 4. The number of allylic oxidation sites excluding steroid dienone is 1. The third kappa shape index (κ3) is 19.4. The quantitative estimate of drug-likeness (QED) is 0.0336. The summed E-state index contributed by atoms with van der Waals surface area (Å²) in [6.07, 6.45) is 17.1. The molecule has 38 heteroatoms. The van der Waals surface area contributed by atoms with Crippen LogP contribution in [0.1, 0.15) is 133 Å². The molecule has 3 aliphatic heterocycles. The molecule has 2 unspecified atom stereocenters. The van der Waals surface area contributed by atoms with Crippen LogP contribution in [0.15, 0.2) is 236 Å². The van der Waals surface area contributed by atoms with E-state index in [2.05, 4.69) is 115 Å². The van der Waals surface area contributed by atoms with Crippen molar-refractivity contribution in [3.8, 4) is 5.75 Å². The minimum Gasteiger partial charge on any atom is -0.488 e. The minimum atomic E-state index is -4.99. The molecule has 2 saturated carbocycles. The Bertz CT molecular complexity index is 6960. The first-order valence-electron chi connectivity index (χ1n) is 41.8. The standard InChI is InChI=1S/C31H31N7O3S.C29H29F3N6O4S.C29H30N8O4S/c39-30-28(23-6-7-23)18-24-19-33-31(35-25-10-8-21(9-11-25)22-12-15-32-16-13-22)36-29(24)37(30)20-26-14-17-34-38(26)42(40,41)27-4-2-1-3-5-27;1-17(18-4-5-18)24-11-21-13-34-28(36-23-8-6-19(7-9-23)20-3-2-10-33-12-20)37-25(21)38(26(24)39)15-22-14-35-42-27(22)43(40,41)16-29(30,31)32;1-3-41-25-16-22-17-32-29(33-23-6-4-20(5-7-23)21-10-14-35(2)18-21)34-27(22)36(28(25)38)19-26-31-13-15-37(26)42(39,40)24-8-11-30-12-9-24/h1-5,8-11,14,17-19,22-23,32H,6-7,12-13,15-16,20H2,(H,33,35,36);6-9,11,13-14,18,20,33H,1-5,10,12,15-16H2,(H,34,36,37);4-9,11-13,15-17,21H,3,10,14,18-19H2,1-2H3,(H,32,33,34). The highest BCUT2D eigenvalue weighted by molar-refractivity contribution is 7.91. The highest BCUT2D eigenvalue weighted by atomic mass is 32.2. The molecule has 0 radical (unpaired) electrons. The average Bonchev–Trinajstić information content (AvgIpc) is 1.75. The summed E-state index contributed by atoms with van der Waals surface area (Å²) in [6, 6.07) is 42.2. The van der Waals surface area contributed by atoms with E-state index in [1.54, 1.807) is 60.3 Å². The lowest BCUT2D eigenvalue weighted by atomic mass is 9.90. The molecule has 2 aliphatic carbocycles. The van der Waals surface area contributed by atoms with E-state index in [0.29, 0.717) is 74.1 Å². The topological polar surface area (TPSA) is 393 Å². The fourth-order valence-corrected chi connectivity index (χ4v) is 20.1. The van der Waals surface area contributed by atoms with Crippen LogP contribution in [-0.4, -0.2) is 167 Å². The first-order chi connectivity index (χ1) is 61.3. The van der Waals surface area contributed by atoms with Crippen LogP contribution in [0.2, 0.25) is 0 Å². The van der Waals surface area contributed by atoms with Crippen LogP contribution >= 0.6 is 0 Å². The number of sulfone groups is 1. The van der Waals surface area contributed by atoms with Crippen molar-refractivity contribution in [2.75, 3.05) is 74.6 Å². The van der Waals surface area contributed by atoms with Gasteiger partial charge in [0.25, 0.3) is 41.8 Å². The molecule has 127 heavy (non-hydrogen) atoms. The Labute approximate surface area is 727 Å². The van der Waals surface area contributed by atoms with E-state index in [0.717, 1.165) is 134 Å². The van der Waals surface area contributed by atoms with E-state index < -0.39 is 64.6 Å². The summed E-state index contributed by atoms with van der Waals surface area (Å²) in [4.78, 5) is 79.1. The highest BCUT2D eigenvalue weighted by Gasteiger charge is 2.40. The van der Waals surface area contributed by atoms with E-state index in [1.807, 2.05) is 54.6 Å². The summed E-state index contributed by atoms with van der Waals surface area (Å²) in [5.74, 6) is 0.804. The number of hydrogen-bond donors (Lipinski definition) is 5. The number of aromatic nitrogens is 15. The number of ether oxygens (including phenoxy) is 1. The number of rotatable bonds is 26. The van der Waals surface area contributed by atoms with Crippen LogP contribution in [0.4, 0.5) is 48.1 Å². The summed E-state index contributed by atoms with van der Waals surface area (Å²) in [5, 5.41) is 24.8. The van der Waals surface area contributed by atoms with E-state index in [1.165, 1.54) is 87.3 Å². The van der Waals surface area contributed by atoms with Crippen LogP contribution in [0.3, 0.4) is 0 Å². The van der Waals surface area contributed by atoms with Crippen molar-refractivity contribution in [3.63, 3.8) is 0 Å². The van der Waals surface area contributed by atoms with Gasteiger partial charge in [0.1, 0.15) is 22.8 Å². The maximum absolute atomic E-state index is 13.8. The smallest absolute Gasteiger partial charge is 0.403 e. The number of imidazole rings is 1. The SMILES string of the molecule is C=C(c1cc2cnc(Nc3ccc(C4CCCNC4)cc3)nc2n(Cc2cnoc2S(=O)(=O)CC(F)(F)F)c1=O)C1CC1.CCOc1cc2cnc(Nc3ccc(C4CCN(C)C4)cc3)nc2n(Cc2nccn2S(=O)(=O)c2ccncc2)c1=O.O=c1c(C2CC2)cc2cnc(Nc3ccc(C4CCNCC4)cc3)nc2n1Cc1ccnn1S(=O)(=O)c1ccccc1. The first kappa shape index (κ1) is 86.1. The van der Waals surface area contributed by atoms with Crippen molar-refractivity contribution in [1.82, 2.24) is 87.4 Å². The molecule has 32 nitrogen and oxygen atoms in total. The van der Waals surface area contributed by atoms with Gasteiger partial charge in [-0.25, -0.2) is 40.7 Å². The van der Waals surface area contributed by atoms with E-state index in [-0.39, 0.29) is 75.6 Å². The molecule has 2 atom stereocenters. The predicted molar refractivity (Wildman–Crippen MR) is 472 cm³/mol. The summed E-state index contributed by atoms with van der Waals surface area (Å²) in [6.45, 7) is 11.7. The summed E-state index contributed by atoms with van der Waals surface area (Å²) >= 11 is 0. The largest absolute Gasteiger partial charge is 0.488 e. The molecular weight excluding hydrogens is 1690 g/mol. The van der Waals surface area contributed by atoms with Gasteiger partial charge >= 0.3 is 6.18 Å². The number of halogens is 3. The van der Waals surface area contributed by atoms with Crippen molar-refractivity contribution in [2.24, 2.45) is 5.92 Å². The van der Waals surface area contributed by atoms with E-state index >= 15 is 0 Å². The van der Waals surface area contributed by atoms with E-state index in [4.69, 9.17) is 14.2 Å². The van der Waals surface area contributed by atoms with Gasteiger partial charge in [-0.2, -0.15) is 45.7 Å². The lowest BCUT2D eigenvalue weighted by Gasteiger charge is -2.23. The number of alkyl halides is 3. The number of piperidine rings is 2. The Morgan fingerprint density at radius 3 is 1.71 bits per heavy atom. The summed E-state index contributed by atoms with van der Waals surface area (Å²) in [5.41, 5.74) is 7.75. The molecule has 10 aromatic heterocycles. The number of hydrogen-bond acceptors (Lipinski definition) is 27. The van der Waals surface area contributed by atoms with Gasteiger partial charge in [0, 0.05) is 101 Å². The monoisotopic (exact) mass is 1780 g/mol. The van der Waals surface area contributed by atoms with Crippen molar-refractivity contribution in [3.05, 3.63) is 278 Å². The van der Waals surface area contributed by atoms with Gasteiger partial charge in [-0.1, -0.05) is 66.3 Å². The number of likely N-dealkylation sites (tertiary alicyclic amines) is 1. The Balaban J connectivity index is 0.000000134. The summed E-state index contributed by atoms with van der Waals surface area (Å²) in [7, 11) is -10.7. The second kappa shape index (κ2) is 36.5. The zero-order valence-electron chi connectivity index (χ0n) is 69.2. The molecule has 656 valence electrons. The van der Waals surface area contributed by atoms with Gasteiger partial charge in [0.2, 0.25) is 27.7 Å². The fourth-order valence-electron chi connectivity index (χ4n) is 16.3. The third-order valence-electron chi connectivity index (χ3n) is 23.2. The average molecular weight is 1780 g/mol. The molecule has 0 amide bonds. The Morgan fingerprint density at radius 1 is 0.567 bits per heavy atom. The van der Waals surface area contributed by atoms with Crippen molar-refractivity contribution in [2.45, 2.75) is 129 Å². The van der Waals surface area contributed by atoms with E-state index in [9.17, 15) is 52.8 Å². The van der Waals surface area contributed by atoms with Crippen molar-refractivity contribution in [1.29, 1.82) is 0 Å². The van der Waals surface area contributed by atoms with Crippen LogP contribution in [-0.2, 0) is 49.5 Å². The molecule has 5 N–H and O–H groups in total. The van der Waals surface area contributed by atoms with Gasteiger partial charge in [-0.05, 0) is 235 Å². The maximum atomic E-state index is 13.8. The highest BCUT2D eigenvalue weighted by Crippen LogP contribution is 2.42. The molecule has 5 fully saturated rings. The number of fused-ring (bicyclic) bond motifs is 3. The van der Waals surface area contributed by atoms with Gasteiger partial charge < -0.3 is 40.7 Å². The second-order valence-corrected chi connectivity index (χ2v) is 37.6. The lowest BCUT2D eigenvalue weighted by Crippen LogP contribution is -2.28. The molecular formula is C89H90F3N21O11S3. The lowest BCUT2D eigenvalue weighted by molar-refractivity contribution is -0.106. The predicted octanol–water partition coefficient (Wildman–Crippen LogP) is 12.4. The normalized spacial score (nSPS) is 16.5. The maximum Gasteiger partial charge on any atom is 0.403 e. The zero-order chi connectivity index (χ0) is 88.3. The van der Waals surface area contributed by atoms with Crippen molar-refractivity contribution >= 4 is 103 Å². The molecule has 0 bridgehead atoms. The van der Waals surface area contributed by atoms with Gasteiger partial charge in [-0.3, -0.25) is 33.1 Å². The number of likely N-dealkylation sites (N-methyl/N-ethyl adjacent to an activating group) is 1. The first-order valence-corrected chi connectivity index (χ1v) is 46.3. The van der Waals surface area contributed by atoms with Gasteiger partial charge in [0.15, 0.2) is 11.5 Å². The molecule has 5 aliphatic rings. The Morgan fingerprint density at radius 2 is 1.14 bits per heavy atom. The minimum absolute atomic E-state index is 0.0106. The summed E-state index contributed by atoms with van der Waals surface area (Å²) < 4.78 is 134. The third-order valence-corrected chi connectivity index (χ3v) is 28.2. The number of anilines is 6. The van der Waals surface area contributed by atoms with Crippen LogP contribution in [0.25, 0.3) is 38.7 Å². The Kier molecular flexibility index (Phi) is 24.8. The molecule has 19 rings (SSSR count). The van der Waals surface area contributed by atoms with Gasteiger partial charge in [0.05, 0.1) is 59.7 Å². The number of nitrogens with zero attached hydrogens (tertiary/aromatic N) is 16. The zero-order valence-corrected chi connectivity index (χ0v) is 71.7. The molecule has 13 heterocycles. The number of nitrogens with one attached hydrogen (secondary N) is 5. The molecule has 0 spiro atoms. The van der Waals surface area contributed by atoms with Crippen molar-refractivity contribution < 1.29 is 47.7 Å². The fraction of sp³-hybridized carbons (Fsp3) is 0.315. The van der Waals surface area contributed by atoms with Gasteiger partial charge in [-0.15, -0.1) is 0 Å². The van der Waals surface area contributed by atoms with Crippen LogP contribution < -0.4 is 48.0 Å². The molecule has 3 saturated heterocycles. The Hall–Kier alpha value is -13.0. The second-order valence-electron chi connectivity index (χ2n) is 32.1. The van der Waals surface area contributed by atoms with Crippen LogP contribution in [0.5, 0.6) is 5.75 Å². The van der Waals surface area contributed by atoms with Crippen LogP contribution in [0, 0.1) is 5.92 Å². The number of pyridine rings is 4.